The van der Waals surface area contributed by atoms with Crippen LogP contribution in [0.2, 0.25) is 5.02 Å². The van der Waals surface area contributed by atoms with Crippen molar-refractivity contribution in [3.8, 4) is 11.5 Å². The number of hydrogen-bond donors (Lipinski definition) is 1. The maximum absolute atomic E-state index is 12.0. The third-order valence-electron chi connectivity index (χ3n) is 3.40. The smallest absolute Gasteiger partial charge is 0.317 e. The first kappa shape index (κ1) is 14.3. The van der Waals surface area contributed by atoms with E-state index >= 15 is 0 Å². The van der Waals surface area contributed by atoms with E-state index in [-0.39, 0.29) is 6.03 Å². The summed E-state index contributed by atoms with van der Waals surface area (Å²) in [7, 11) is 0. The van der Waals surface area contributed by atoms with Gasteiger partial charge in [-0.05, 0) is 17.7 Å². The van der Waals surface area contributed by atoms with Gasteiger partial charge in [0.25, 0.3) is 0 Å². The largest absolute Gasteiger partial charge is 0.486 e. The Bertz CT molecular complexity index is 532. The van der Waals surface area contributed by atoms with Crippen LogP contribution in [-0.4, -0.2) is 50.4 Å². The average molecular weight is 313 g/mol. The van der Waals surface area contributed by atoms with Crippen LogP contribution in [0.5, 0.6) is 11.5 Å². The summed E-state index contributed by atoms with van der Waals surface area (Å²) in [4.78, 5) is 13.8. The molecule has 1 aromatic rings. The van der Waals surface area contributed by atoms with Crippen molar-refractivity contribution in [2.24, 2.45) is 0 Å². The number of carbonyl (C=O) groups excluding carboxylic acids is 1. The van der Waals surface area contributed by atoms with Gasteiger partial charge < -0.3 is 24.4 Å². The number of rotatable bonds is 2. The summed E-state index contributed by atoms with van der Waals surface area (Å²) in [5.41, 5.74) is 0.880. The van der Waals surface area contributed by atoms with Crippen molar-refractivity contribution in [3.05, 3.63) is 22.7 Å². The molecule has 0 saturated carbocycles. The topological polar surface area (TPSA) is 60.0 Å². The molecule has 1 saturated heterocycles. The number of benzene rings is 1. The van der Waals surface area contributed by atoms with Crippen LogP contribution in [0.1, 0.15) is 5.56 Å². The van der Waals surface area contributed by atoms with Crippen molar-refractivity contribution >= 4 is 17.6 Å². The first-order valence-corrected chi connectivity index (χ1v) is 7.30. The molecule has 1 fully saturated rings. The van der Waals surface area contributed by atoms with Gasteiger partial charge in [-0.2, -0.15) is 0 Å². The lowest BCUT2D eigenvalue weighted by Gasteiger charge is -2.27. The number of urea groups is 1. The Hall–Kier alpha value is -1.66. The van der Waals surface area contributed by atoms with Gasteiger partial charge in [0.1, 0.15) is 13.2 Å². The number of ether oxygens (including phenoxy) is 3. The second kappa shape index (κ2) is 6.41. The maximum atomic E-state index is 12.0. The molecule has 2 aliphatic rings. The van der Waals surface area contributed by atoms with Crippen LogP contribution < -0.4 is 14.8 Å². The number of fused-ring (bicyclic) bond motifs is 1. The molecular weight excluding hydrogens is 296 g/mol. The van der Waals surface area contributed by atoms with Gasteiger partial charge in [-0.1, -0.05) is 11.6 Å². The van der Waals surface area contributed by atoms with E-state index in [1.54, 1.807) is 11.0 Å². The highest BCUT2D eigenvalue weighted by Gasteiger charge is 2.19. The molecule has 2 aliphatic heterocycles. The van der Waals surface area contributed by atoms with Crippen molar-refractivity contribution in [3.63, 3.8) is 0 Å². The second-order valence-corrected chi connectivity index (χ2v) is 5.27. The zero-order valence-corrected chi connectivity index (χ0v) is 12.3. The Morgan fingerprint density at radius 1 is 1.19 bits per heavy atom. The highest BCUT2D eigenvalue weighted by molar-refractivity contribution is 6.32. The Labute approximate surface area is 127 Å². The van der Waals surface area contributed by atoms with Gasteiger partial charge in [0.15, 0.2) is 11.5 Å². The van der Waals surface area contributed by atoms with E-state index < -0.39 is 0 Å². The van der Waals surface area contributed by atoms with Gasteiger partial charge >= 0.3 is 6.03 Å². The molecular formula is C14H17ClN2O4. The van der Waals surface area contributed by atoms with Gasteiger partial charge in [0.2, 0.25) is 0 Å². The van der Waals surface area contributed by atoms with E-state index in [1.165, 1.54) is 0 Å². The average Bonchev–Trinajstić information content (AvgIpc) is 2.53. The summed E-state index contributed by atoms with van der Waals surface area (Å²) in [5.74, 6) is 1.20. The predicted molar refractivity (Wildman–Crippen MR) is 77.1 cm³/mol. The zero-order valence-electron chi connectivity index (χ0n) is 11.6. The number of amides is 2. The quantitative estimate of drug-likeness (QED) is 0.902. The lowest BCUT2D eigenvalue weighted by Crippen LogP contribution is -2.45. The molecule has 0 radical (unpaired) electrons. The van der Waals surface area contributed by atoms with Gasteiger partial charge in [0.05, 0.1) is 18.2 Å². The molecule has 1 N–H and O–H groups in total. The summed E-state index contributed by atoms with van der Waals surface area (Å²) in [5, 5.41) is 3.38. The van der Waals surface area contributed by atoms with Crippen LogP contribution in [0.4, 0.5) is 4.79 Å². The molecule has 0 aliphatic carbocycles. The lowest BCUT2D eigenvalue weighted by molar-refractivity contribution is 0.0531. The molecule has 0 atom stereocenters. The minimum absolute atomic E-state index is 0.0932. The zero-order chi connectivity index (χ0) is 14.7. The molecule has 1 aromatic carbocycles. The van der Waals surface area contributed by atoms with Crippen molar-refractivity contribution in [2.75, 3.05) is 39.5 Å². The number of halogens is 1. The fourth-order valence-electron chi connectivity index (χ4n) is 2.32. The maximum Gasteiger partial charge on any atom is 0.317 e. The van der Waals surface area contributed by atoms with Gasteiger partial charge in [-0.3, -0.25) is 0 Å². The van der Waals surface area contributed by atoms with Crippen LogP contribution in [0.3, 0.4) is 0 Å². The van der Waals surface area contributed by atoms with Crippen LogP contribution in [0, 0.1) is 0 Å². The minimum atomic E-state index is -0.0932. The van der Waals surface area contributed by atoms with Gasteiger partial charge in [-0.25, -0.2) is 4.79 Å². The molecule has 0 bridgehead atoms. The molecule has 6 nitrogen and oxygen atoms in total. The Morgan fingerprint density at radius 2 is 1.95 bits per heavy atom. The van der Waals surface area contributed by atoms with E-state index in [0.29, 0.717) is 62.6 Å². The Morgan fingerprint density at radius 3 is 2.76 bits per heavy atom. The molecule has 2 amide bonds. The van der Waals surface area contributed by atoms with Crippen LogP contribution in [0.25, 0.3) is 0 Å². The van der Waals surface area contributed by atoms with E-state index in [1.807, 2.05) is 6.07 Å². The number of morpholine rings is 1. The third-order valence-corrected chi connectivity index (χ3v) is 3.68. The summed E-state index contributed by atoms with van der Waals surface area (Å²) >= 11 is 6.17. The number of nitrogens with one attached hydrogen (secondary N) is 1. The molecule has 7 heteroatoms. The van der Waals surface area contributed by atoms with Crippen LogP contribution in [0.15, 0.2) is 12.1 Å². The fourth-order valence-corrected chi connectivity index (χ4v) is 2.61. The number of hydrogen-bond acceptors (Lipinski definition) is 4. The van der Waals surface area contributed by atoms with Crippen molar-refractivity contribution in [1.29, 1.82) is 0 Å². The highest BCUT2D eigenvalue weighted by Crippen LogP contribution is 2.38. The summed E-state index contributed by atoms with van der Waals surface area (Å²) in [6, 6.07) is 3.54. The first-order chi connectivity index (χ1) is 10.2. The molecule has 21 heavy (non-hydrogen) atoms. The van der Waals surface area contributed by atoms with Gasteiger partial charge in [0, 0.05) is 19.6 Å². The highest BCUT2D eigenvalue weighted by atomic mass is 35.5. The van der Waals surface area contributed by atoms with Gasteiger partial charge in [-0.15, -0.1) is 0 Å². The van der Waals surface area contributed by atoms with E-state index in [0.717, 1.165) is 5.56 Å². The SMILES string of the molecule is O=C(NCc1cc(Cl)c2c(c1)OCCO2)N1CCOCC1. The standard InChI is InChI=1S/C14H17ClN2O4/c15-11-7-10(8-12-13(11)21-6-5-20-12)9-16-14(18)17-1-3-19-4-2-17/h7-8H,1-6,9H2,(H,16,18). The first-order valence-electron chi connectivity index (χ1n) is 6.92. The lowest BCUT2D eigenvalue weighted by atomic mass is 10.2. The van der Waals surface area contributed by atoms with Crippen molar-refractivity contribution < 1.29 is 19.0 Å². The van der Waals surface area contributed by atoms with Crippen molar-refractivity contribution in [1.82, 2.24) is 10.2 Å². The Kier molecular flexibility index (Phi) is 4.36. The third kappa shape index (κ3) is 3.33. The molecule has 3 rings (SSSR count). The summed E-state index contributed by atoms with van der Waals surface area (Å²) < 4.78 is 16.2. The van der Waals surface area contributed by atoms with E-state index in [4.69, 9.17) is 25.8 Å². The van der Waals surface area contributed by atoms with Crippen molar-refractivity contribution in [2.45, 2.75) is 6.54 Å². The summed E-state index contributed by atoms with van der Waals surface area (Å²) in [6.07, 6.45) is 0. The molecule has 0 aromatic heterocycles. The molecule has 0 unspecified atom stereocenters. The molecule has 114 valence electrons. The number of nitrogens with zero attached hydrogens (tertiary/aromatic N) is 1. The Balaban J connectivity index is 1.62. The second-order valence-electron chi connectivity index (χ2n) is 4.86. The monoisotopic (exact) mass is 312 g/mol. The molecule has 0 spiro atoms. The van der Waals surface area contributed by atoms with Crippen LogP contribution >= 0.6 is 11.6 Å². The number of carbonyl (C=O) groups is 1. The summed E-state index contributed by atoms with van der Waals surface area (Å²) in [6.45, 7) is 3.81. The van der Waals surface area contributed by atoms with E-state index in [9.17, 15) is 4.79 Å². The molecule has 2 heterocycles. The normalized spacial score (nSPS) is 17.5. The fraction of sp³-hybridized carbons (Fsp3) is 0.500. The predicted octanol–water partition coefficient (Wildman–Crippen LogP) is 1.65. The van der Waals surface area contributed by atoms with E-state index in [2.05, 4.69) is 5.32 Å². The minimum Gasteiger partial charge on any atom is -0.486 e. The van der Waals surface area contributed by atoms with Crippen LogP contribution in [-0.2, 0) is 11.3 Å².